The van der Waals surface area contributed by atoms with E-state index in [-0.39, 0.29) is 5.78 Å². The number of nitriles is 1. The average Bonchev–Trinajstić information content (AvgIpc) is 2.48. The van der Waals surface area contributed by atoms with Crippen LogP contribution in [0.25, 0.3) is 0 Å². The monoisotopic (exact) mass is 264 g/mol. The van der Waals surface area contributed by atoms with Gasteiger partial charge in [-0.3, -0.25) is 4.79 Å². The molecule has 0 fully saturated rings. The number of rotatable bonds is 5. The Morgan fingerprint density at radius 3 is 2.60 bits per heavy atom. The number of nitrogens with zero attached hydrogens (tertiary/aromatic N) is 2. The summed E-state index contributed by atoms with van der Waals surface area (Å²) in [5.74, 6) is 0.154. The first kappa shape index (κ1) is 13.8. The fourth-order valence-electron chi connectivity index (χ4n) is 2.05. The first-order chi connectivity index (χ1) is 9.69. The number of anilines is 1. The van der Waals surface area contributed by atoms with Crippen molar-refractivity contribution < 1.29 is 4.79 Å². The van der Waals surface area contributed by atoms with Crippen molar-refractivity contribution in [1.82, 2.24) is 0 Å². The quantitative estimate of drug-likeness (QED) is 0.834. The van der Waals surface area contributed by atoms with Crippen molar-refractivity contribution >= 4 is 11.5 Å². The summed E-state index contributed by atoms with van der Waals surface area (Å²) in [6.07, 6.45) is 0.434. The molecule has 0 saturated heterocycles. The van der Waals surface area contributed by atoms with Crippen LogP contribution < -0.4 is 4.90 Å². The zero-order valence-corrected chi connectivity index (χ0v) is 11.4. The van der Waals surface area contributed by atoms with Crippen LogP contribution in [0, 0.1) is 11.3 Å². The molecule has 0 unspecified atom stereocenters. The smallest absolute Gasteiger partial charge is 0.156 e. The molecular weight excluding hydrogens is 248 g/mol. The molecule has 0 spiro atoms. The normalized spacial score (nSPS) is 9.80. The Kier molecular flexibility index (Phi) is 4.52. The van der Waals surface area contributed by atoms with E-state index in [0.717, 1.165) is 11.3 Å². The molecule has 0 saturated carbocycles. The van der Waals surface area contributed by atoms with Gasteiger partial charge in [0.1, 0.15) is 0 Å². The van der Waals surface area contributed by atoms with Gasteiger partial charge in [-0.2, -0.15) is 5.26 Å². The van der Waals surface area contributed by atoms with E-state index >= 15 is 0 Å². The molecule has 0 radical (unpaired) electrons. The van der Waals surface area contributed by atoms with Gasteiger partial charge in [0.25, 0.3) is 0 Å². The Balaban J connectivity index is 1.99. The van der Waals surface area contributed by atoms with Crippen LogP contribution in [0.5, 0.6) is 0 Å². The van der Waals surface area contributed by atoms with Gasteiger partial charge in [-0.25, -0.2) is 0 Å². The maximum Gasteiger partial charge on any atom is 0.156 e. The third-order valence-corrected chi connectivity index (χ3v) is 3.07. The highest BCUT2D eigenvalue weighted by atomic mass is 16.1. The van der Waals surface area contributed by atoms with Crippen molar-refractivity contribution in [2.24, 2.45) is 0 Å². The van der Waals surface area contributed by atoms with Crippen LogP contribution in [0.2, 0.25) is 0 Å². The summed E-state index contributed by atoms with van der Waals surface area (Å²) in [7, 11) is 1.86. The van der Waals surface area contributed by atoms with Crippen molar-refractivity contribution in [1.29, 1.82) is 5.26 Å². The van der Waals surface area contributed by atoms with E-state index in [2.05, 4.69) is 6.07 Å². The predicted octanol–water partition coefficient (Wildman–Crippen LogP) is 2.81. The molecule has 3 nitrogen and oxygen atoms in total. The number of carbonyl (C=O) groups excluding carboxylic acids is 1. The van der Waals surface area contributed by atoms with E-state index in [1.54, 1.807) is 12.1 Å². The zero-order valence-electron chi connectivity index (χ0n) is 11.4. The van der Waals surface area contributed by atoms with Crippen LogP contribution in [-0.4, -0.2) is 19.4 Å². The Labute approximate surface area is 119 Å². The highest BCUT2D eigenvalue weighted by molar-refractivity contribution is 5.85. The molecule has 0 N–H and O–H groups in total. The second-order valence-electron chi connectivity index (χ2n) is 4.72. The van der Waals surface area contributed by atoms with Crippen molar-refractivity contribution in [3.8, 4) is 6.07 Å². The topological polar surface area (TPSA) is 44.1 Å². The van der Waals surface area contributed by atoms with Gasteiger partial charge in [-0.15, -0.1) is 0 Å². The van der Waals surface area contributed by atoms with E-state index < -0.39 is 0 Å². The van der Waals surface area contributed by atoms with E-state index in [9.17, 15) is 4.79 Å². The second-order valence-corrected chi connectivity index (χ2v) is 4.72. The number of benzene rings is 2. The first-order valence-corrected chi connectivity index (χ1v) is 6.46. The Morgan fingerprint density at radius 2 is 1.90 bits per heavy atom. The largest absolute Gasteiger partial charge is 0.367 e. The zero-order chi connectivity index (χ0) is 14.4. The highest BCUT2D eigenvalue weighted by Crippen LogP contribution is 2.14. The molecule has 0 amide bonds. The van der Waals surface area contributed by atoms with E-state index in [1.165, 1.54) is 0 Å². The predicted molar refractivity (Wildman–Crippen MR) is 79.6 cm³/mol. The average molecular weight is 264 g/mol. The van der Waals surface area contributed by atoms with Crippen LogP contribution >= 0.6 is 0 Å². The molecule has 0 aliphatic rings. The van der Waals surface area contributed by atoms with Gasteiger partial charge in [0.15, 0.2) is 5.78 Å². The van der Waals surface area contributed by atoms with E-state index in [0.29, 0.717) is 18.5 Å². The number of carbonyl (C=O) groups is 1. The van der Waals surface area contributed by atoms with Gasteiger partial charge < -0.3 is 4.90 Å². The van der Waals surface area contributed by atoms with Crippen LogP contribution in [-0.2, 0) is 11.2 Å². The number of hydrogen-bond acceptors (Lipinski definition) is 3. The van der Waals surface area contributed by atoms with Gasteiger partial charge in [-0.05, 0) is 23.8 Å². The van der Waals surface area contributed by atoms with Crippen molar-refractivity contribution in [2.75, 3.05) is 18.5 Å². The minimum Gasteiger partial charge on any atom is -0.367 e. The van der Waals surface area contributed by atoms with Crippen LogP contribution in [0.15, 0.2) is 54.6 Å². The summed E-state index contributed by atoms with van der Waals surface area (Å²) in [4.78, 5) is 13.9. The van der Waals surface area contributed by atoms with Gasteiger partial charge >= 0.3 is 0 Å². The maximum atomic E-state index is 12.0. The molecule has 0 aromatic heterocycles. The Morgan fingerprint density at radius 1 is 1.15 bits per heavy atom. The summed E-state index contributed by atoms with van der Waals surface area (Å²) in [6, 6.07) is 19.1. The molecule has 0 heterocycles. The van der Waals surface area contributed by atoms with Crippen LogP contribution in [0.3, 0.4) is 0 Å². The molecule has 2 aromatic carbocycles. The fourth-order valence-corrected chi connectivity index (χ4v) is 2.05. The maximum absolute atomic E-state index is 12.0. The summed E-state index contributed by atoms with van der Waals surface area (Å²) >= 11 is 0. The standard InChI is InChI=1S/C17H16N2O/c1-19(16-9-5-8-15(10-16)12-18)13-17(20)11-14-6-3-2-4-7-14/h2-10H,11,13H2,1H3. The van der Waals surface area contributed by atoms with Crippen molar-refractivity contribution in [2.45, 2.75) is 6.42 Å². The number of likely N-dealkylation sites (N-methyl/N-ethyl adjacent to an activating group) is 1. The summed E-state index contributed by atoms with van der Waals surface area (Å²) < 4.78 is 0. The Hall–Kier alpha value is -2.60. The van der Waals surface area contributed by atoms with Crippen molar-refractivity contribution in [3.05, 3.63) is 65.7 Å². The van der Waals surface area contributed by atoms with Gasteiger partial charge in [0, 0.05) is 19.2 Å². The summed E-state index contributed by atoms with van der Waals surface area (Å²) in [5.41, 5.74) is 2.51. The summed E-state index contributed by atoms with van der Waals surface area (Å²) in [5, 5.41) is 8.89. The SMILES string of the molecule is CN(CC(=O)Cc1ccccc1)c1cccc(C#N)c1. The first-order valence-electron chi connectivity index (χ1n) is 6.46. The minimum atomic E-state index is 0.154. The molecule has 3 heteroatoms. The van der Waals surface area contributed by atoms with Gasteiger partial charge in [-0.1, -0.05) is 36.4 Å². The number of Topliss-reactive ketones (excluding diaryl/α,β-unsaturated/α-hetero) is 1. The van der Waals surface area contributed by atoms with Crippen molar-refractivity contribution in [3.63, 3.8) is 0 Å². The van der Waals surface area contributed by atoms with E-state index in [4.69, 9.17) is 5.26 Å². The molecule has 2 rings (SSSR count). The fraction of sp³-hybridized carbons (Fsp3) is 0.176. The molecule has 20 heavy (non-hydrogen) atoms. The molecule has 2 aromatic rings. The molecule has 0 bridgehead atoms. The van der Waals surface area contributed by atoms with Gasteiger partial charge in [0.2, 0.25) is 0 Å². The Bertz CT molecular complexity index is 629. The summed E-state index contributed by atoms with van der Waals surface area (Å²) in [6.45, 7) is 0.337. The second kappa shape index (κ2) is 6.53. The van der Waals surface area contributed by atoms with Crippen LogP contribution in [0.4, 0.5) is 5.69 Å². The third kappa shape index (κ3) is 3.69. The molecule has 0 atom stereocenters. The molecule has 0 aliphatic heterocycles. The number of ketones is 1. The lowest BCUT2D eigenvalue weighted by Gasteiger charge is -2.18. The lowest BCUT2D eigenvalue weighted by atomic mass is 10.1. The lowest BCUT2D eigenvalue weighted by molar-refractivity contribution is -0.117. The highest BCUT2D eigenvalue weighted by Gasteiger charge is 2.08. The lowest BCUT2D eigenvalue weighted by Crippen LogP contribution is -2.26. The molecule has 100 valence electrons. The number of hydrogen-bond donors (Lipinski definition) is 0. The molecular formula is C17H16N2O. The third-order valence-electron chi connectivity index (χ3n) is 3.07. The van der Waals surface area contributed by atoms with Crippen LogP contribution in [0.1, 0.15) is 11.1 Å². The van der Waals surface area contributed by atoms with E-state index in [1.807, 2.05) is 54.4 Å². The molecule has 0 aliphatic carbocycles. The minimum absolute atomic E-state index is 0.154. The van der Waals surface area contributed by atoms with Gasteiger partial charge in [0.05, 0.1) is 18.2 Å².